The molecule has 0 spiro atoms. The zero-order valence-corrected chi connectivity index (χ0v) is 12.7. The Morgan fingerprint density at radius 2 is 1.85 bits per heavy atom. The van der Waals surface area contributed by atoms with Gasteiger partial charge in [0.15, 0.2) is 0 Å². The van der Waals surface area contributed by atoms with Crippen LogP contribution in [0.15, 0.2) is 47.4 Å². The number of nitrogens with one attached hydrogen (secondary N) is 1. The Labute approximate surface area is 131 Å². The number of carbonyl (C=O) groups excluding carboxylic acids is 1. The summed E-state index contributed by atoms with van der Waals surface area (Å²) >= 11 is 13.2. The van der Waals surface area contributed by atoms with Crippen LogP contribution in [0.2, 0.25) is 10.0 Å². The molecule has 0 aliphatic rings. The lowest BCUT2D eigenvalue weighted by atomic mass is 10.2. The number of hydrogen-bond donors (Lipinski definition) is 2. The molecule has 0 aliphatic carbocycles. The molecule has 2 aromatic carbocycles. The Morgan fingerprint density at radius 3 is 2.50 bits per heavy atom. The van der Waals surface area contributed by atoms with Crippen molar-refractivity contribution in [2.24, 2.45) is 0 Å². The fraction of sp³-hybridized carbons (Fsp3) is 0.0714. The van der Waals surface area contributed by atoms with E-state index in [1.807, 2.05) is 12.1 Å². The molecule has 104 valence electrons. The number of nitrogens with two attached hydrogens (primary N) is 1. The number of amides is 1. The lowest BCUT2D eigenvalue weighted by Crippen LogP contribution is -2.15. The normalized spacial score (nSPS) is 10.3. The summed E-state index contributed by atoms with van der Waals surface area (Å²) in [6, 6.07) is 12.4. The number of hydrogen-bond acceptors (Lipinski definition) is 3. The van der Waals surface area contributed by atoms with Crippen LogP contribution in [0.1, 0.15) is 0 Å². The number of rotatable bonds is 4. The maximum absolute atomic E-state index is 11.9. The van der Waals surface area contributed by atoms with Crippen LogP contribution < -0.4 is 11.1 Å². The second-order valence-electron chi connectivity index (χ2n) is 3.99. The minimum atomic E-state index is -0.162. The average Bonchev–Trinajstić information content (AvgIpc) is 2.42. The topological polar surface area (TPSA) is 55.1 Å². The zero-order valence-electron chi connectivity index (χ0n) is 10.4. The van der Waals surface area contributed by atoms with E-state index in [9.17, 15) is 4.79 Å². The van der Waals surface area contributed by atoms with Crippen molar-refractivity contribution in [2.45, 2.75) is 4.90 Å². The van der Waals surface area contributed by atoms with E-state index in [-0.39, 0.29) is 11.7 Å². The van der Waals surface area contributed by atoms with Crippen molar-refractivity contribution < 1.29 is 4.79 Å². The van der Waals surface area contributed by atoms with Crippen LogP contribution in [0.5, 0.6) is 0 Å². The summed E-state index contributed by atoms with van der Waals surface area (Å²) in [5.41, 5.74) is 6.67. The van der Waals surface area contributed by atoms with Gasteiger partial charge in [0.25, 0.3) is 0 Å². The summed E-state index contributed by atoms with van der Waals surface area (Å²) in [6.45, 7) is 0. The third-order valence-corrected chi connectivity index (χ3v) is 4.07. The quantitative estimate of drug-likeness (QED) is 0.650. The van der Waals surface area contributed by atoms with Gasteiger partial charge >= 0.3 is 0 Å². The van der Waals surface area contributed by atoms with E-state index in [4.69, 9.17) is 28.9 Å². The van der Waals surface area contributed by atoms with Gasteiger partial charge in [0, 0.05) is 9.92 Å². The molecule has 1 amide bonds. The van der Waals surface area contributed by atoms with Gasteiger partial charge in [-0.2, -0.15) is 0 Å². The maximum atomic E-state index is 11.9. The zero-order chi connectivity index (χ0) is 14.5. The highest BCUT2D eigenvalue weighted by Gasteiger charge is 2.09. The van der Waals surface area contributed by atoms with Gasteiger partial charge in [0.2, 0.25) is 5.91 Å². The van der Waals surface area contributed by atoms with E-state index >= 15 is 0 Å². The molecule has 2 aromatic rings. The number of benzene rings is 2. The number of nitrogen functional groups attached to an aromatic ring is 1. The average molecular weight is 327 g/mol. The molecule has 3 N–H and O–H groups in total. The van der Waals surface area contributed by atoms with Gasteiger partial charge in [-0.1, -0.05) is 29.3 Å². The predicted octanol–water partition coefficient (Wildman–Crippen LogP) is 4.31. The largest absolute Gasteiger partial charge is 0.397 e. The van der Waals surface area contributed by atoms with Crippen molar-refractivity contribution in [3.63, 3.8) is 0 Å². The van der Waals surface area contributed by atoms with Crippen molar-refractivity contribution in [1.82, 2.24) is 0 Å². The lowest BCUT2D eigenvalue weighted by molar-refractivity contribution is -0.113. The van der Waals surface area contributed by atoms with Crippen LogP contribution in [0, 0.1) is 0 Å². The monoisotopic (exact) mass is 326 g/mol. The molecule has 0 aromatic heterocycles. The van der Waals surface area contributed by atoms with Crippen molar-refractivity contribution in [2.75, 3.05) is 16.8 Å². The molecule has 0 fully saturated rings. The van der Waals surface area contributed by atoms with Gasteiger partial charge in [-0.15, -0.1) is 11.8 Å². The van der Waals surface area contributed by atoms with E-state index < -0.39 is 0 Å². The van der Waals surface area contributed by atoms with Crippen LogP contribution in [0.4, 0.5) is 11.4 Å². The fourth-order valence-electron chi connectivity index (χ4n) is 1.53. The minimum Gasteiger partial charge on any atom is -0.397 e. The molecule has 6 heteroatoms. The number of carbonyl (C=O) groups is 1. The molecule has 0 atom stereocenters. The summed E-state index contributed by atoms with van der Waals surface area (Å²) in [5.74, 6) is 0.108. The van der Waals surface area contributed by atoms with Gasteiger partial charge in [0.05, 0.1) is 22.2 Å². The molecule has 0 saturated carbocycles. The fourth-order valence-corrected chi connectivity index (χ4v) is 2.58. The molecule has 0 saturated heterocycles. The first kappa shape index (κ1) is 15.0. The van der Waals surface area contributed by atoms with Crippen LogP contribution in [0.3, 0.4) is 0 Å². The standard InChI is InChI=1S/C14H12Cl2N2OS/c15-9-4-6-10(7-5-9)20-8-13(19)18-14-11(16)2-1-3-12(14)17/h1-7H,8,17H2,(H,18,19). The molecule has 3 nitrogen and oxygen atoms in total. The third-order valence-electron chi connectivity index (χ3n) is 2.49. The van der Waals surface area contributed by atoms with Gasteiger partial charge in [-0.05, 0) is 36.4 Å². The van der Waals surface area contributed by atoms with Gasteiger partial charge in [0.1, 0.15) is 0 Å². The maximum Gasteiger partial charge on any atom is 0.234 e. The van der Waals surface area contributed by atoms with E-state index in [2.05, 4.69) is 5.32 Å². The first-order chi connectivity index (χ1) is 9.56. The highest BCUT2D eigenvalue weighted by atomic mass is 35.5. The van der Waals surface area contributed by atoms with E-state index in [0.29, 0.717) is 21.4 Å². The Bertz CT molecular complexity index is 597. The molecule has 0 bridgehead atoms. The highest BCUT2D eigenvalue weighted by molar-refractivity contribution is 8.00. The first-order valence-electron chi connectivity index (χ1n) is 5.78. The van der Waals surface area contributed by atoms with Crippen LogP contribution >= 0.6 is 35.0 Å². The molecule has 0 unspecified atom stereocenters. The lowest BCUT2D eigenvalue weighted by Gasteiger charge is -2.09. The first-order valence-corrected chi connectivity index (χ1v) is 7.52. The Hall–Kier alpha value is -1.36. The molecular weight excluding hydrogens is 315 g/mol. The van der Waals surface area contributed by atoms with Gasteiger partial charge in [-0.25, -0.2) is 0 Å². The summed E-state index contributed by atoms with van der Waals surface area (Å²) in [5, 5.41) is 3.81. The minimum absolute atomic E-state index is 0.162. The Morgan fingerprint density at radius 1 is 1.15 bits per heavy atom. The van der Waals surface area contributed by atoms with Crippen LogP contribution in [0.25, 0.3) is 0 Å². The Kier molecular flexibility index (Phi) is 5.17. The number of halogens is 2. The van der Waals surface area contributed by atoms with Gasteiger partial charge < -0.3 is 11.1 Å². The summed E-state index contributed by atoms with van der Waals surface area (Å²) < 4.78 is 0. The molecule has 20 heavy (non-hydrogen) atoms. The molecule has 0 aliphatic heterocycles. The SMILES string of the molecule is Nc1cccc(Cl)c1NC(=O)CSc1ccc(Cl)cc1. The third kappa shape index (κ3) is 4.07. The highest BCUT2D eigenvalue weighted by Crippen LogP contribution is 2.28. The molecular formula is C14H12Cl2N2OS. The van der Waals surface area contributed by atoms with E-state index in [1.54, 1.807) is 30.3 Å². The van der Waals surface area contributed by atoms with E-state index in [0.717, 1.165) is 4.90 Å². The van der Waals surface area contributed by atoms with Crippen molar-refractivity contribution >= 4 is 52.2 Å². The van der Waals surface area contributed by atoms with E-state index in [1.165, 1.54) is 11.8 Å². The predicted molar refractivity (Wildman–Crippen MR) is 86.7 cm³/mol. The molecule has 0 heterocycles. The van der Waals surface area contributed by atoms with Crippen LogP contribution in [-0.2, 0) is 4.79 Å². The smallest absolute Gasteiger partial charge is 0.234 e. The van der Waals surface area contributed by atoms with Crippen molar-refractivity contribution in [3.8, 4) is 0 Å². The second-order valence-corrected chi connectivity index (χ2v) is 5.89. The number of para-hydroxylation sites is 1. The van der Waals surface area contributed by atoms with Crippen LogP contribution in [-0.4, -0.2) is 11.7 Å². The second kappa shape index (κ2) is 6.88. The van der Waals surface area contributed by atoms with Crippen molar-refractivity contribution in [3.05, 3.63) is 52.5 Å². The molecule has 0 radical (unpaired) electrons. The number of anilines is 2. The summed E-state index contributed by atoms with van der Waals surface area (Å²) in [4.78, 5) is 12.9. The number of thioether (sulfide) groups is 1. The molecule has 2 rings (SSSR count). The summed E-state index contributed by atoms with van der Waals surface area (Å²) in [7, 11) is 0. The van der Waals surface area contributed by atoms with Gasteiger partial charge in [-0.3, -0.25) is 4.79 Å². The summed E-state index contributed by atoms with van der Waals surface area (Å²) in [6.07, 6.45) is 0. The van der Waals surface area contributed by atoms with Crippen molar-refractivity contribution in [1.29, 1.82) is 0 Å². The Balaban J connectivity index is 1.94.